The van der Waals surface area contributed by atoms with Crippen LogP contribution in [0.5, 0.6) is 0 Å². The summed E-state index contributed by atoms with van der Waals surface area (Å²) in [6, 6.07) is 1.34. The molecule has 1 saturated carbocycles. The normalized spacial score (nSPS) is 34.8. The molecule has 1 amide bonds. The van der Waals surface area contributed by atoms with E-state index in [0.717, 1.165) is 38.8 Å². The minimum Gasteiger partial charge on any atom is -0.360 e. The molecule has 10 heteroatoms. The average molecular weight is 441 g/mol. The first-order valence-electron chi connectivity index (χ1n) is 11.0. The lowest BCUT2D eigenvalue weighted by Crippen LogP contribution is -2.53. The predicted octanol–water partition coefficient (Wildman–Crippen LogP) is 1.55. The second-order valence-electron chi connectivity index (χ2n) is 9.30. The number of carbonyl (C=O) groups excluding carboxylic acids is 1. The lowest BCUT2D eigenvalue weighted by molar-refractivity contribution is 0.0900. The van der Waals surface area contributed by atoms with Gasteiger partial charge in [-0.25, -0.2) is 12.8 Å². The van der Waals surface area contributed by atoms with Gasteiger partial charge >= 0.3 is 0 Å². The van der Waals surface area contributed by atoms with Crippen molar-refractivity contribution >= 4 is 15.9 Å². The summed E-state index contributed by atoms with van der Waals surface area (Å²) in [5.41, 5.74) is 0.164. The number of nitrogens with zero attached hydrogens (tertiary/aromatic N) is 2. The van der Waals surface area contributed by atoms with Crippen molar-refractivity contribution < 1.29 is 22.1 Å². The number of alkyl halides is 1. The van der Waals surface area contributed by atoms with Crippen LogP contribution in [0.15, 0.2) is 10.6 Å². The molecule has 2 bridgehead atoms. The number of nitrogens with one attached hydrogen (secondary N) is 2. The van der Waals surface area contributed by atoms with E-state index in [1.165, 1.54) is 6.07 Å². The summed E-state index contributed by atoms with van der Waals surface area (Å²) in [7, 11) is -3.30. The van der Waals surface area contributed by atoms with E-state index in [-0.39, 0.29) is 47.3 Å². The molecule has 5 rings (SSSR count). The number of hydrogen-bond donors (Lipinski definition) is 2. The summed E-state index contributed by atoms with van der Waals surface area (Å²) >= 11 is 0. The van der Waals surface area contributed by atoms with Gasteiger partial charge in [-0.2, -0.15) is 4.31 Å². The zero-order valence-electron chi connectivity index (χ0n) is 16.9. The Kier molecular flexibility index (Phi) is 5.35. The van der Waals surface area contributed by atoms with Crippen molar-refractivity contribution in [3.8, 4) is 0 Å². The minimum atomic E-state index is -3.30. The van der Waals surface area contributed by atoms with Gasteiger partial charge in [-0.05, 0) is 64.0 Å². The van der Waals surface area contributed by atoms with Gasteiger partial charge in [-0.1, -0.05) is 5.16 Å². The zero-order chi connectivity index (χ0) is 20.9. The summed E-state index contributed by atoms with van der Waals surface area (Å²) in [5, 5.41) is 10.1. The van der Waals surface area contributed by atoms with Crippen molar-refractivity contribution in [1.82, 2.24) is 20.1 Å². The molecule has 8 nitrogen and oxygen atoms in total. The molecule has 1 unspecified atom stereocenters. The van der Waals surface area contributed by atoms with Crippen LogP contribution in [0, 0.1) is 5.92 Å². The maximum atomic E-state index is 13.2. The molecule has 1 aliphatic carbocycles. The van der Waals surface area contributed by atoms with Crippen molar-refractivity contribution in [3.63, 3.8) is 0 Å². The third-order valence-corrected chi connectivity index (χ3v) is 9.20. The van der Waals surface area contributed by atoms with Crippen LogP contribution < -0.4 is 10.6 Å². The van der Waals surface area contributed by atoms with Crippen LogP contribution in [0.2, 0.25) is 0 Å². The average Bonchev–Trinajstić information content (AvgIpc) is 3.11. The molecule has 1 aromatic heterocycles. The van der Waals surface area contributed by atoms with Gasteiger partial charge in [0, 0.05) is 24.2 Å². The number of sulfonamides is 1. The number of rotatable bonds is 6. The highest BCUT2D eigenvalue weighted by molar-refractivity contribution is 7.89. The molecule has 0 spiro atoms. The third-order valence-electron chi connectivity index (χ3n) is 7.07. The molecule has 0 aromatic carbocycles. The predicted molar refractivity (Wildman–Crippen MR) is 107 cm³/mol. The number of hydrogen-bond acceptors (Lipinski definition) is 6. The van der Waals surface area contributed by atoms with Gasteiger partial charge in [0.1, 0.15) is 11.9 Å². The van der Waals surface area contributed by atoms with Crippen molar-refractivity contribution in [1.29, 1.82) is 0 Å². The van der Waals surface area contributed by atoms with E-state index in [0.29, 0.717) is 25.0 Å². The van der Waals surface area contributed by atoms with Gasteiger partial charge < -0.3 is 15.2 Å². The number of carbonyl (C=O) groups is 1. The largest absolute Gasteiger partial charge is 0.360 e. The Morgan fingerprint density at radius 2 is 1.87 bits per heavy atom. The van der Waals surface area contributed by atoms with Crippen molar-refractivity contribution in [2.24, 2.45) is 5.92 Å². The van der Waals surface area contributed by atoms with Crippen LogP contribution in [-0.4, -0.2) is 66.9 Å². The number of piperidine rings is 2. The molecule has 3 aliphatic heterocycles. The number of halogens is 1. The third kappa shape index (κ3) is 4.01. The Labute approximate surface area is 176 Å². The van der Waals surface area contributed by atoms with Crippen molar-refractivity contribution in [3.05, 3.63) is 17.5 Å². The number of amides is 1. The molecule has 4 aliphatic rings. The van der Waals surface area contributed by atoms with E-state index in [4.69, 9.17) is 4.52 Å². The second kappa shape index (κ2) is 7.87. The van der Waals surface area contributed by atoms with E-state index in [9.17, 15) is 17.6 Å². The molecule has 4 heterocycles. The fourth-order valence-corrected chi connectivity index (χ4v) is 7.82. The molecule has 0 radical (unpaired) electrons. The summed E-state index contributed by atoms with van der Waals surface area (Å²) in [6.07, 6.45) is 4.26. The van der Waals surface area contributed by atoms with E-state index < -0.39 is 16.2 Å². The molecule has 5 atom stereocenters. The summed E-state index contributed by atoms with van der Waals surface area (Å²) < 4.78 is 46.3. The molecule has 30 heavy (non-hydrogen) atoms. The zero-order valence-corrected chi connectivity index (χ0v) is 17.7. The SMILES string of the molecule is O=C(NC1C[C@H]2CC[C@@H](C1)N2S(=O)(=O)CC1CCNCC1)c1cc([C@@H]2C[C@@H]2F)on1. The monoisotopic (exact) mass is 440 g/mol. The highest BCUT2D eigenvalue weighted by Gasteiger charge is 2.47. The van der Waals surface area contributed by atoms with Gasteiger partial charge in [0.2, 0.25) is 10.0 Å². The topological polar surface area (TPSA) is 105 Å². The van der Waals surface area contributed by atoms with Gasteiger partial charge in [0.25, 0.3) is 5.91 Å². The number of aromatic nitrogens is 1. The van der Waals surface area contributed by atoms with Crippen LogP contribution in [0.3, 0.4) is 0 Å². The summed E-state index contributed by atoms with van der Waals surface area (Å²) in [5.74, 6) is 0.271. The molecule has 4 fully saturated rings. The molecular weight excluding hydrogens is 411 g/mol. The Morgan fingerprint density at radius 3 is 2.50 bits per heavy atom. The molecule has 2 N–H and O–H groups in total. The quantitative estimate of drug-likeness (QED) is 0.696. The molecular formula is C20H29FN4O4S. The molecule has 166 valence electrons. The standard InChI is InChI=1S/C20H29FN4O4S/c21-17-9-16(17)19-10-18(24-29-19)20(26)23-13-7-14-1-2-15(8-13)25(14)30(27,28)11-12-3-5-22-6-4-12/h10,12-17,22H,1-9,11H2,(H,23,26)/t13?,14-,15+,16-,17+/m1/s1. The fourth-order valence-electron chi connectivity index (χ4n) is 5.43. The summed E-state index contributed by atoms with van der Waals surface area (Å²) in [4.78, 5) is 12.6. The highest BCUT2D eigenvalue weighted by Crippen LogP contribution is 2.43. The van der Waals surface area contributed by atoms with Gasteiger partial charge in [0.05, 0.1) is 11.7 Å². The Hall–Kier alpha value is -1.52. The number of fused-ring (bicyclic) bond motifs is 2. The molecule has 1 aromatic rings. The van der Waals surface area contributed by atoms with Crippen LogP contribution in [-0.2, 0) is 10.0 Å². The maximum Gasteiger partial charge on any atom is 0.273 e. The summed E-state index contributed by atoms with van der Waals surface area (Å²) in [6.45, 7) is 1.77. The molecule has 3 saturated heterocycles. The van der Waals surface area contributed by atoms with E-state index in [2.05, 4.69) is 15.8 Å². The maximum absolute atomic E-state index is 13.2. The Morgan fingerprint density at radius 1 is 1.20 bits per heavy atom. The van der Waals surface area contributed by atoms with Crippen molar-refractivity contribution in [2.45, 2.75) is 75.2 Å². The van der Waals surface area contributed by atoms with E-state index in [1.54, 1.807) is 4.31 Å². The van der Waals surface area contributed by atoms with Gasteiger partial charge in [-0.3, -0.25) is 4.79 Å². The second-order valence-corrected chi connectivity index (χ2v) is 11.2. The van der Waals surface area contributed by atoms with Gasteiger partial charge in [0.15, 0.2) is 5.69 Å². The van der Waals surface area contributed by atoms with Crippen LogP contribution in [0.4, 0.5) is 4.39 Å². The van der Waals surface area contributed by atoms with E-state index >= 15 is 0 Å². The first-order valence-corrected chi connectivity index (χ1v) is 12.6. The van der Waals surface area contributed by atoms with E-state index in [1.807, 2.05) is 0 Å². The first kappa shape index (κ1) is 20.4. The Balaban J connectivity index is 1.20. The highest BCUT2D eigenvalue weighted by atomic mass is 32.2. The Bertz CT molecular complexity index is 886. The van der Waals surface area contributed by atoms with Crippen molar-refractivity contribution in [2.75, 3.05) is 18.8 Å². The van der Waals surface area contributed by atoms with Crippen LogP contribution in [0.1, 0.15) is 67.1 Å². The lowest BCUT2D eigenvalue weighted by Gasteiger charge is -2.39. The smallest absolute Gasteiger partial charge is 0.273 e. The fraction of sp³-hybridized carbons (Fsp3) is 0.800. The minimum absolute atomic E-state index is 0.0487. The van der Waals surface area contributed by atoms with Crippen LogP contribution in [0.25, 0.3) is 0 Å². The lowest BCUT2D eigenvalue weighted by atomic mass is 9.99. The van der Waals surface area contributed by atoms with Gasteiger partial charge in [-0.15, -0.1) is 0 Å². The van der Waals surface area contributed by atoms with Crippen LogP contribution >= 0.6 is 0 Å². The first-order chi connectivity index (χ1) is 14.4.